The van der Waals surface area contributed by atoms with Crippen LogP contribution in [0.15, 0.2) is 164 Å². The van der Waals surface area contributed by atoms with Gasteiger partial charge in [0.25, 0.3) is 0 Å². The number of pyridine rings is 2. The van der Waals surface area contributed by atoms with Crippen molar-refractivity contribution in [1.82, 2.24) is 80.3 Å². The van der Waals surface area contributed by atoms with Crippen LogP contribution in [0.1, 0.15) is 52.8 Å². The maximum atomic E-state index is 13.6. The summed E-state index contributed by atoms with van der Waals surface area (Å²) in [6, 6.07) is 39.1. The lowest BCUT2D eigenvalue weighted by molar-refractivity contribution is -0.167. The molecule has 5 fully saturated rings. The van der Waals surface area contributed by atoms with Crippen molar-refractivity contribution >= 4 is 121 Å². The number of carbonyl (C=O) groups excluding carboxylic acids is 1. The normalized spacial score (nSPS) is 16.6. The number of H-pyrrole nitrogens is 3. The predicted octanol–water partition coefficient (Wildman–Crippen LogP) is 14.3. The Kier molecular flexibility index (Phi) is 19.5. The van der Waals surface area contributed by atoms with E-state index in [1.165, 1.54) is 61.6 Å². The highest BCUT2D eigenvalue weighted by Gasteiger charge is 2.39. The summed E-state index contributed by atoms with van der Waals surface area (Å²) in [5.74, 6) is 4.71. The van der Waals surface area contributed by atoms with Gasteiger partial charge in [0.05, 0.1) is 11.0 Å². The Hall–Kier alpha value is -9.69. The molecule has 16 rings (SSSR count). The highest BCUT2D eigenvalue weighted by atomic mass is 32.2. The number of benzene rings is 3. The van der Waals surface area contributed by atoms with E-state index in [-0.39, 0.29) is 15.7 Å². The van der Waals surface area contributed by atoms with Gasteiger partial charge < -0.3 is 36.0 Å². The minimum absolute atomic E-state index is 0. The van der Waals surface area contributed by atoms with Crippen LogP contribution in [0.4, 0.5) is 75.6 Å². The topological polar surface area (TPSA) is 271 Å². The number of aromatic nitrogens is 14. The summed E-state index contributed by atoms with van der Waals surface area (Å²) in [6.45, 7) is 15.2. The molecule has 8 aromatic heterocycles. The van der Waals surface area contributed by atoms with Crippen LogP contribution in [0, 0.1) is 20.8 Å². The fourth-order valence-corrected chi connectivity index (χ4v) is 14.1. The van der Waals surface area contributed by atoms with E-state index in [0.717, 1.165) is 135 Å². The zero-order valence-electron chi connectivity index (χ0n) is 53.6. The number of hydrogen-bond acceptors (Lipinski definition) is 23. The number of anilines is 10. The molecule has 98 heavy (non-hydrogen) atoms. The number of amides is 1. The molecule has 7 N–H and O–H groups in total. The number of nitrogens with zero attached hydrogens (tertiary/aromatic N) is 16. The summed E-state index contributed by atoms with van der Waals surface area (Å²) < 4.78 is 50.8. The van der Waals surface area contributed by atoms with Gasteiger partial charge in [-0.25, -0.2) is 34.3 Å². The predicted molar refractivity (Wildman–Crippen MR) is 388 cm³/mol. The van der Waals surface area contributed by atoms with Crippen LogP contribution in [-0.2, 0) is 4.79 Å². The quantitative estimate of drug-likeness (QED) is 0.0311. The summed E-state index contributed by atoms with van der Waals surface area (Å²) in [5, 5.41) is 37.2. The molecule has 31 heteroatoms. The molecule has 0 radical (unpaired) electrons. The molecule has 518 valence electrons. The van der Waals surface area contributed by atoms with Crippen LogP contribution in [0.3, 0.4) is 0 Å². The number of nitrogens with one attached hydrogen (secondary N) is 7. The molecule has 3 aromatic carbocycles. The molecule has 11 aromatic rings. The van der Waals surface area contributed by atoms with Gasteiger partial charge in [-0.3, -0.25) is 39.9 Å². The standard InChI is InChI=1S/C24H25FN8S.C24H26N8S.C19H18F3N7OS.7H2/c1-15-9-22(31-30-15)27-21-11-23(33-13-18(14-33)32-8-6-17(25)12-32)29-24(28-21)34-19-4-5-20-16(10-19)3-2-7-26-20;1-16-11-22(30-29-16)26-21-13-23(32-14-18(15-32)31-9-2-3-10-31)28-24(27-21)33-19-6-7-20-17(12-19)5-4-8-25-20;1-11-9-15(28-27-11)24-14-10-16(29-7-2-8-29)26-18(25-14)31-13-5-3-12(4-6-13)23-17(30)19(20,21)22;;;;;;;/h2-5,7,9-11,17-18H,6,8,12-14H2,1H3,(H2,27,28,29,30,31);4-8,11-13,18H,2-3,9-10,14-15H2,1H3,(H2,26,27,28,29,30);3-6,9-10H,2,7-8H2,1H3,(H,23,30)(H2,24,25,26,27,28);7*1H/t17-;;;;;;;;;/m0........./s1. The summed E-state index contributed by atoms with van der Waals surface area (Å²) in [7, 11) is 0. The SMILES string of the molecule is Cc1cc(Nc2cc(N3CC(N4CCCC4)C3)nc(Sc3ccc4ncccc4c3)n2)n[nH]1.Cc1cc(Nc2cc(N3CC(N4CC[C@H](F)C4)C3)nc(Sc3ccc4ncccc4c3)n2)n[nH]1.Cc1cc(Nc2cc(N3CCC3)nc(Sc3ccc(NC(=O)C(F)(F)F)cc3)n2)n[nH]1.[HH].[HH].[HH].[HH].[HH].[HH].[HH]. The van der Waals surface area contributed by atoms with Gasteiger partial charge in [-0.05, 0) is 168 Å². The van der Waals surface area contributed by atoms with Crippen molar-refractivity contribution in [2.75, 3.05) is 101 Å². The van der Waals surface area contributed by atoms with Crippen LogP contribution < -0.4 is 36.0 Å². The van der Waals surface area contributed by atoms with Crippen molar-refractivity contribution in [1.29, 1.82) is 0 Å². The second-order valence-corrected chi connectivity index (χ2v) is 27.6. The number of halogens is 4. The molecule has 1 atom stereocenters. The largest absolute Gasteiger partial charge is 0.471 e. The average Bonchev–Trinajstić information content (AvgIpc) is 1.74. The lowest BCUT2D eigenvalue weighted by Gasteiger charge is -2.44. The maximum Gasteiger partial charge on any atom is 0.471 e. The zero-order chi connectivity index (χ0) is 67.3. The van der Waals surface area contributed by atoms with Gasteiger partial charge in [0.1, 0.15) is 41.1 Å². The summed E-state index contributed by atoms with van der Waals surface area (Å²) in [5.41, 5.74) is 4.88. The minimum Gasteiger partial charge on any atom is -0.356 e. The van der Waals surface area contributed by atoms with Gasteiger partial charge in [0.2, 0.25) is 0 Å². The second-order valence-electron chi connectivity index (χ2n) is 24.4. The van der Waals surface area contributed by atoms with Gasteiger partial charge in [-0.2, -0.15) is 28.5 Å². The number of likely N-dealkylation sites (tertiary alicyclic amines) is 2. The number of rotatable bonds is 18. The van der Waals surface area contributed by atoms with Crippen molar-refractivity contribution in [3.05, 3.63) is 151 Å². The minimum atomic E-state index is -4.94. The van der Waals surface area contributed by atoms with E-state index in [9.17, 15) is 22.4 Å². The number of fused-ring (bicyclic) bond motifs is 2. The van der Waals surface area contributed by atoms with Crippen molar-refractivity contribution in [3.8, 4) is 0 Å². The Labute approximate surface area is 584 Å². The first-order valence-corrected chi connectivity index (χ1v) is 34.6. The Bertz CT molecular complexity index is 4630. The number of hydrogen-bond donors (Lipinski definition) is 7. The molecular formula is C67H83F4N23OS3. The number of aromatic amines is 3. The van der Waals surface area contributed by atoms with Gasteiger partial charge in [-0.15, -0.1) is 0 Å². The van der Waals surface area contributed by atoms with Crippen LogP contribution in [0.2, 0.25) is 0 Å². The van der Waals surface area contributed by atoms with Crippen molar-refractivity contribution in [2.45, 2.75) is 101 Å². The molecule has 0 spiro atoms. The van der Waals surface area contributed by atoms with Crippen molar-refractivity contribution in [3.63, 3.8) is 0 Å². The van der Waals surface area contributed by atoms with Crippen LogP contribution >= 0.6 is 35.3 Å². The molecule has 0 aliphatic carbocycles. The molecule has 13 heterocycles. The smallest absolute Gasteiger partial charge is 0.356 e. The second kappa shape index (κ2) is 29.2. The Morgan fingerprint density at radius 1 is 0.490 bits per heavy atom. The summed E-state index contributed by atoms with van der Waals surface area (Å²) in [4.78, 5) is 62.7. The first kappa shape index (κ1) is 65.6. The van der Waals surface area contributed by atoms with E-state index in [2.05, 4.69) is 121 Å². The molecule has 1 amide bonds. The monoisotopic (exact) mass is 1400 g/mol. The zero-order valence-corrected chi connectivity index (χ0v) is 56.1. The third-order valence-corrected chi connectivity index (χ3v) is 19.6. The van der Waals surface area contributed by atoms with Crippen molar-refractivity contribution in [2.24, 2.45) is 0 Å². The molecule has 5 aliphatic rings. The third-order valence-electron chi connectivity index (χ3n) is 17.0. The summed E-state index contributed by atoms with van der Waals surface area (Å²) >= 11 is 4.35. The van der Waals surface area contributed by atoms with E-state index in [1.807, 2.05) is 99.0 Å². The number of aryl methyl sites for hydroxylation is 3. The maximum absolute atomic E-state index is 13.6. The summed E-state index contributed by atoms with van der Waals surface area (Å²) in [6.07, 6.45) is 2.37. The van der Waals surface area contributed by atoms with Gasteiger partial charge >= 0.3 is 12.1 Å². The van der Waals surface area contributed by atoms with E-state index >= 15 is 0 Å². The molecule has 5 aliphatic heterocycles. The van der Waals surface area contributed by atoms with Gasteiger partial charge in [0, 0.05) is 171 Å². The van der Waals surface area contributed by atoms with Crippen LogP contribution in [-0.4, -0.2) is 176 Å². The average molecular weight is 1400 g/mol. The fourth-order valence-electron chi connectivity index (χ4n) is 11.7. The van der Waals surface area contributed by atoms with Crippen LogP contribution in [0.5, 0.6) is 0 Å². The molecule has 5 saturated heterocycles. The number of carbonyl (C=O) groups is 1. The van der Waals surface area contributed by atoms with E-state index in [1.54, 1.807) is 30.1 Å². The van der Waals surface area contributed by atoms with Gasteiger partial charge in [0.15, 0.2) is 32.9 Å². The first-order valence-electron chi connectivity index (χ1n) is 32.2. The molecule has 0 saturated carbocycles. The van der Waals surface area contributed by atoms with E-state index in [4.69, 9.17) is 19.9 Å². The lowest BCUT2D eigenvalue weighted by Crippen LogP contribution is -2.59. The van der Waals surface area contributed by atoms with Crippen molar-refractivity contribution < 1.29 is 32.3 Å². The highest BCUT2D eigenvalue weighted by Crippen LogP contribution is 2.37. The Balaban J connectivity index is 0.000000213. The van der Waals surface area contributed by atoms with E-state index in [0.29, 0.717) is 63.5 Å². The fraction of sp³-hybridized carbons (Fsp3) is 0.313. The lowest BCUT2D eigenvalue weighted by atomic mass is 10.1. The Morgan fingerprint density at radius 3 is 1.34 bits per heavy atom. The molecule has 0 unspecified atom stereocenters. The molecule has 24 nitrogen and oxygen atoms in total. The first-order chi connectivity index (χ1) is 47.5. The molecule has 0 bridgehead atoms. The Morgan fingerprint density at radius 2 is 0.929 bits per heavy atom. The van der Waals surface area contributed by atoms with Gasteiger partial charge in [-0.1, -0.05) is 12.1 Å². The number of alkyl halides is 4. The van der Waals surface area contributed by atoms with Crippen LogP contribution in [0.25, 0.3) is 21.8 Å². The highest BCUT2D eigenvalue weighted by molar-refractivity contribution is 7.99. The molecular weight excluding hydrogens is 1320 g/mol. The van der Waals surface area contributed by atoms with E-state index < -0.39 is 18.3 Å². The third kappa shape index (κ3) is 16.5.